The summed E-state index contributed by atoms with van der Waals surface area (Å²) in [5.41, 5.74) is 6.21. The van der Waals surface area contributed by atoms with E-state index in [9.17, 15) is 8.78 Å². The van der Waals surface area contributed by atoms with E-state index in [1.54, 1.807) is 0 Å². The third kappa shape index (κ3) is 2.04. The first-order chi connectivity index (χ1) is 6.06. The first-order valence-corrected chi connectivity index (χ1v) is 4.27. The minimum absolute atomic E-state index is 0.0482. The molecule has 1 aromatic rings. The molecule has 0 heterocycles. The van der Waals surface area contributed by atoms with Gasteiger partial charge in [-0.3, -0.25) is 0 Å². The topological polar surface area (TPSA) is 26.0 Å². The summed E-state index contributed by atoms with van der Waals surface area (Å²) in [7, 11) is 0. The van der Waals surface area contributed by atoms with Crippen LogP contribution in [-0.4, -0.2) is 0 Å². The molecule has 0 fully saturated rings. The third-order valence-electron chi connectivity index (χ3n) is 2.17. The lowest BCUT2D eigenvalue weighted by molar-refractivity contribution is 0.557. The molecule has 0 saturated carbocycles. The summed E-state index contributed by atoms with van der Waals surface area (Å²) in [5.74, 6) is -1.06. The molecule has 3 heteroatoms. The Bertz CT molecular complexity index is 287. The Morgan fingerprint density at radius 1 is 1.31 bits per heavy atom. The highest BCUT2D eigenvalue weighted by atomic mass is 19.1. The summed E-state index contributed by atoms with van der Waals surface area (Å²) in [5, 5.41) is 0. The molecular weight excluding hydrogens is 172 g/mol. The Hall–Kier alpha value is -0.960. The first-order valence-electron chi connectivity index (χ1n) is 4.27. The van der Waals surface area contributed by atoms with Crippen molar-refractivity contribution in [1.29, 1.82) is 0 Å². The van der Waals surface area contributed by atoms with E-state index in [4.69, 9.17) is 5.73 Å². The monoisotopic (exact) mass is 185 g/mol. The molecule has 72 valence electrons. The number of nitrogens with two attached hydrogens (primary N) is 1. The smallest absolute Gasteiger partial charge is 0.129 e. The lowest BCUT2D eigenvalue weighted by atomic mass is 10.0. The number of hydrogen-bond donors (Lipinski definition) is 1. The van der Waals surface area contributed by atoms with Crippen molar-refractivity contribution in [1.82, 2.24) is 0 Å². The van der Waals surface area contributed by atoms with Gasteiger partial charge in [0.1, 0.15) is 11.6 Å². The van der Waals surface area contributed by atoms with E-state index in [1.165, 1.54) is 19.1 Å². The molecular formula is C10H13F2N. The normalized spacial score (nSPS) is 13.0. The van der Waals surface area contributed by atoms with Crippen LogP contribution in [0.15, 0.2) is 12.1 Å². The van der Waals surface area contributed by atoms with Crippen LogP contribution < -0.4 is 5.73 Å². The second-order valence-corrected chi connectivity index (χ2v) is 3.12. The van der Waals surface area contributed by atoms with Gasteiger partial charge in [-0.1, -0.05) is 6.92 Å². The Labute approximate surface area is 76.6 Å². The average Bonchev–Trinajstić information content (AvgIpc) is 2.12. The molecule has 0 aliphatic heterocycles. The highest BCUT2D eigenvalue weighted by Crippen LogP contribution is 2.19. The predicted octanol–water partition coefficient (Wildman–Crippen LogP) is 2.68. The van der Waals surface area contributed by atoms with Crippen molar-refractivity contribution in [2.75, 3.05) is 0 Å². The molecule has 1 atom stereocenters. The van der Waals surface area contributed by atoms with Gasteiger partial charge in [-0.15, -0.1) is 0 Å². The maximum atomic E-state index is 13.0. The Balaban J connectivity index is 3.13. The molecule has 1 rings (SSSR count). The zero-order chi connectivity index (χ0) is 10.0. The van der Waals surface area contributed by atoms with Gasteiger partial charge in [-0.2, -0.15) is 0 Å². The highest BCUT2D eigenvalue weighted by Gasteiger charge is 2.10. The molecule has 2 N–H and O–H groups in total. The zero-order valence-electron chi connectivity index (χ0n) is 7.77. The fraction of sp³-hybridized carbons (Fsp3) is 0.400. The van der Waals surface area contributed by atoms with Crippen LogP contribution in [-0.2, 0) is 0 Å². The molecule has 0 amide bonds. The van der Waals surface area contributed by atoms with Gasteiger partial charge in [-0.25, -0.2) is 8.78 Å². The van der Waals surface area contributed by atoms with Crippen LogP contribution in [0.25, 0.3) is 0 Å². The van der Waals surface area contributed by atoms with Gasteiger partial charge in [0.2, 0.25) is 0 Å². The van der Waals surface area contributed by atoms with Crippen LogP contribution >= 0.6 is 0 Å². The van der Waals surface area contributed by atoms with Crippen molar-refractivity contribution in [2.24, 2.45) is 5.73 Å². The Kier molecular flexibility index (Phi) is 2.98. The molecule has 1 unspecified atom stereocenters. The summed E-state index contributed by atoms with van der Waals surface area (Å²) in [6.45, 7) is 3.28. The number of hydrogen-bond acceptors (Lipinski definition) is 1. The van der Waals surface area contributed by atoms with Gasteiger partial charge in [0, 0.05) is 11.6 Å². The van der Waals surface area contributed by atoms with Gasteiger partial charge in [-0.05, 0) is 31.0 Å². The van der Waals surface area contributed by atoms with Crippen molar-refractivity contribution >= 4 is 0 Å². The summed E-state index contributed by atoms with van der Waals surface area (Å²) in [6.07, 6.45) is 0.669. The SMILES string of the molecule is CCC(N)c1cc(F)c(C)c(F)c1. The third-order valence-corrected chi connectivity index (χ3v) is 2.17. The van der Waals surface area contributed by atoms with E-state index < -0.39 is 11.6 Å². The second kappa shape index (κ2) is 3.83. The molecule has 0 spiro atoms. The van der Waals surface area contributed by atoms with Crippen molar-refractivity contribution in [3.8, 4) is 0 Å². The molecule has 1 aromatic carbocycles. The van der Waals surface area contributed by atoms with Crippen molar-refractivity contribution in [3.63, 3.8) is 0 Å². The fourth-order valence-corrected chi connectivity index (χ4v) is 1.11. The molecule has 0 aliphatic carbocycles. The fourth-order valence-electron chi connectivity index (χ4n) is 1.11. The standard InChI is InChI=1S/C10H13F2N/c1-3-10(13)7-4-8(11)6(2)9(12)5-7/h4-5,10H,3,13H2,1-2H3. The van der Waals surface area contributed by atoms with Crippen molar-refractivity contribution in [3.05, 3.63) is 34.9 Å². The van der Waals surface area contributed by atoms with E-state index in [-0.39, 0.29) is 11.6 Å². The Morgan fingerprint density at radius 3 is 2.15 bits per heavy atom. The minimum atomic E-state index is -0.529. The summed E-state index contributed by atoms with van der Waals surface area (Å²) in [4.78, 5) is 0. The predicted molar refractivity (Wildman–Crippen MR) is 48.3 cm³/mol. The maximum absolute atomic E-state index is 13.0. The number of benzene rings is 1. The van der Waals surface area contributed by atoms with E-state index in [2.05, 4.69) is 0 Å². The molecule has 13 heavy (non-hydrogen) atoms. The first kappa shape index (κ1) is 10.1. The number of halogens is 2. The molecule has 0 aliphatic rings. The number of rotatable bonds is 2. The van der Waals surface area contributed by atoms with Crippen LogP contribution in [0.5, 0.6) is 0 Å². The van der Waals surface area contributed by atoms with E-state index in [1.807, 2.05) is 6.92 Å². The van der Waals surface area contributed by atoms with Crippen LogP contribution in [0.3, 0.4) is 0 Å². The van der Waals surface area contributed by atoms with Gasteiger partial charge in [0.25, 0.3) is 0 Å². The van der Waals surface area contributed by atoms with E-state index >= 15 is 0 Å². The van der Waals surface area contributed by atoms with Gasteiger partial charge >= 0.3 is 0 Å². The van der Waals surface area contributed by atoms with E-state index in [0.717, 1.165) is 0 Å². The molecule has 1 nitrogen and oxygen atoms in total. The van der Waals surface area contributed by atoms with Gasteiger partial charge < -0.3 is 5.73 Å². The van der Waals surface area contributed by atoms with Gasteiger partial charge in [0.15, 0.2) is 0 Å². The lowest BCUT2D eigenvalue weighted by Gasteiger charge is -2.10. The van der Waals surface area contributed by atoms with Crippen LogP contribution in [0.2, 0.25) is 0 Å². The van der Waals surface area contributed by atoms with Gasteiger partial charge in [0.05, 0.1) is 0 Å². The largest absolute Gasteiger partial charge is 0.324 e. The van der Waals surface area contributed by atoms with Crippen LogP contribution in [0.4, 0.5) is 8.78 Å². The highest BCUT2D eigenvalue weighted by molar-refractivity contribution is 5.27. The summed E-state index contributed by atoms with van der Waals surface area (Å²) in [6, 6.07) is 2.31. The van der Waals surface area contributed by atoms with Crippen molar-refractivity contribution in [2.45, 2.75) is 26.3 Å². The van der Waals surface area contributed by atoms with Crippen molar-refractivity contribution < 1.29 is 8.78 Å². The Morgan fingerprint density at radius 2 is 1.77 bits per heavy atom. The summed E-state index contributed by atoms with van der Waals surface area (Å²) >= 11 is 0. The molecule has 0 bridgehead atoms. The minimum Gasteiger partial charge on any atom is -0.324 e. The molecule has 0 radical (unpaired) electrons. The lowest BCUT2D eigenvalue weighted by Crippen LogP contribution is -2.09. The second-order valence-electron chi connectivity index (χ2n) is 3.12. The van der Waals surface area contributed by atoms with Crippen LogP contribution in [0.1, 0.15) is 30.5 Å². The average molecular weight is 185 g/mol. The van der Waals surface area contributed by atoms with Crippen LogP contribution in [0, 0.1) is 18.6 Å². The zero-order valence-corrected chi connectivity index (χ0v) is 7.77. The molecule has 0 aromatic heterocycles. The maximum Gasteiger partial charge on any atom is 0.129 e. The molecule has 0 saturated heterocycles. The summed E-state index contributed by atoms with van der Waals surface area (Å²) < 4.78 is 26.1. The van der Waals surface area contributed by atoms with E-state index in [0.29, 0.717) is 12.0 Å². The quantitative estimate of drug-likeness (QED) is 0.753.